The lowest BCUT2D eigenvalue weighted by Crippen LogP contribution is -2.47. The Morgan fingerprint density at radius 2 is 1.82 bits per heavy atom. The Morgan fingerprint density at radius 3 is 2.53 bits per heavy atom. The Labute approximate surface area is 213 Å². The van der Waals surface area contributed by atoms with E-state index < -0.39 is 10.0 Å². The van der Waals surface area contributed by atoms with Crippen LogP contribution < -0.4 is 0 Å². The van der Waals surface area contributed by atoms with E-state index in [1.807, 2.05) is 17.0 Å². The Kier molecular flexibility index (Phi) is 6.68. The van der Waals surface area contributed by atoms with E-state index in [2.05, 4.69) is 46.4 Å². The molecule has 5 rings (SSSR count). The maximum absolute atomic E-state index is 13.8. The van der Waals surface area contributed by atoms with E-state index in [1.165, 1.54) is 9.18 Å². The molecule has 178 valence electrons. The maximum atomic E-state index is 13.8. The van der Waals surface area contributed by atoms with Gasteiger partial charge in [0.15, 0.2) is 0 Å². The molecule has 1 saturated carbocycles. The van der Waals surface area contributed by atoms with Crippen LogP contribution in [0.2, 0.25) is 0 Å². The summed E-state index contributed by atoms with van der Waals surface area (Å²) in [6.45, 7) is 2.89. The van der Waals surface area contributed by atoms with E-state index in [4.69, 9.17) is 0 Å². The minimum absolute atomic E-state index is 0.142. The third kappa shape index (κ3) is 4.73. The summed E-state index contributed by atoms with van der Waals surface area (Å²) in [6.07, 6.45) is 2.81. The predicted molar refractivity (Wildman–Crippen MR) is 138 cm³/mol. The van der Waals surface area contributed by atoms with Gasteiger partial charge in [-0.25, -0.2) is 8.42 Å². The third-order valence-corrected chi connectivity index (χ3v) is 10.0. The molecular formula is C26H27BrN2O3S2. The molecule has 0 bridgehead atoms. The molecule has 2 heterocycles. The number of nitrogens with zero attached hydrogens (tertiary/aromatic N) is 2. The second-order valence-electron chi connectivity index (χ2n) is 9.09. The van der Waals surface area contributed by atoms with E-state index in [1.54, 1.807) is 35.6 Å². The SMILES string of the molecule is Cc1ccccc1C1c2ccsc2CCN1C(=O)CN(CC1CC1)S(=O)(=O)c1ccc(Br)cc1. The summed E-state index contributed by atoms with van der Waals surface area (Å²) in [5.41, 5.74) is 3.38. The van der Waals surface area contributed by atoms with E-state index in [9.17, 15) is 13.2 Å². The van der Waals surface area contributed by atoms with Gasteiger partial charge in [0.05, 0.1) is 17.5 Å². The Bertz CT molecular complexity index is 1300. The number of hydrogen-bond acceptors (Lipinski definition) is 4. The van der Waals surface area contributed by atoms with Crippen LogP contribution in [0, 0.1) is 12.8 Å². The van der Waals surface area contributed by atoms with E-state index in [0.29, 0.717) is 19.0 Å². The van der Waals surface area contributed by atoms with Crippen LogP contribution in [0.3, 0.4) is 0 Å². The van der Waals surface area contributed by atoms with Crippen LogP contribution in [0.15, 0.2) is 69.3 Å². The van der Waals surface area contributed by atoms with Gasteiger partial charge < -0.3 is 4.90 Å². The highest BCUT2D eigenvalue weighted by Crippen LogP contribution is 2.39. The molecule has 1 aliphatic heterocycles. The number of halogens is 1. The van der Waals surface area contributed by atoms with Gasteiger partial charge in [0, 0.05) is 22.4 Å². The molecule has 34 heavy (non-hydrogen) atoms. The molecule has 2 aromatic carbocycles. The van der Waals surface area contributed by atoms with Gasteiger partial charge in [0.25, 0.3) is 0 Å². The zero-order chi connectivity index (χ0) is 23.9. The number of thiophene rings is 1. The number of fused-ring (bicyclic) bond motifs is 1. The summed E-state index contributed by atoms with van der Waals surface area (Å²) in [4.78, 5) is 17.2. The van der Waals surface area contributed by atoms with Gasteiger partial charge >= 0.3 is 0 Å². The second-order valence-corrected chi connectivity index (χ2v) is 12.9. The van der Waals surface area contributed by atoms with Gasteiger partial charge in [0.2, 0.25) is 15.9 Å². The molecule has 0 spiro atoms. The van der Waals surface area contributed by atoms with Gasteiger partial charge in [-0.3, -0.25) is 4.79 Å². The predicted octanol–water partition coefficient (Wildman–Crippen LogP) is 5.39. The number of sulfonamides is 1. The molecule has 1 amide bonds. The summed E-state index contributed by atoms with van der Waals surface area (Å²) < 4.78 is 29.3. The largest absolute Gasteiger partial charge is 0.330 e. The van der Waals surface area contributed by atoms with Gasteiger partial charge in [-0.05, 0) is 84.5 Å². The number of benzene rings is 2. The Hall–Kier alpha value is -2.00. The van der Waals surface area contributed by atoms with Crippen LogP contribution in [0.5, 0.6) is 0 Å². The molecule has 2 aliphatic rings. The Balaban J connectivity index is 1.47. The number of aryl methyl sites for hydroxylation is 1. The van der Waals surface area contributed by atoms with Crippen LogP contribution >= 0.6 is 27.3 Å². The van der Waals surface area contributed by atoms with Crippen LogP contribution in [0.25, 0.3) is 0 Å². The van der Waals surface area contributed by atoms with Gasteiger partial charge in [-0.15, -0.1) is 11.3 Å². The van der Waals surface area contributed by atoms with Crippen molar-refractivity contribution in [2.24, 2.45) is 5.92 Å². The first-order valence-corrected chi connectivity index (χ1v) is 14.6. The summed E-state index contributed by atoms with van der Waals surface area (Å²) >= 11 is 5.10. The zero-order valence-electron chi connectivity index (χ0n) is 19.0. The molecule has 1 fully saturated rings. The monoisotopic (exact) mass is 558 g/mol. The highest BCUT2D eigenvalue weighted by atomic mass is 79.9. The Morgan fingerprint density at radius 1 is 1.09 bits per heavy atom. The molecule has 3 aromatic rings. The molecule has 1 unspecified atom stereocenters. The summed E-state index contributed by atoms with van der Waals surface area (Å²) in [5.74, 6) is 0.182. The number of carbonyl (C=O) groups is 1. The highest BCUT2D eigenvalue weighted by Gasteiger charge is 2.38. The lowest BCUT2D eigenvalue weighted by Gasteiger charge is -2.38. The fraction of sp³-hybridized carbons (Fsp3) is 0.346. The molecule has 5 nitrogen and oxygen atoms in total. The highest BCUT2D eigenvalue weighted by molar-refractivity contribution is 9.10. The van der Waals surface area contributed by atoms with Crippen molar-refractivity contribution >= 4 is 43.2 Å². The lowest BCUT2D eigenvalue weighted by atomic mass is 9.90. The van der Waals surface area contributed by atoms with Crippen LogP contribution in [-0.2, 0) is 21.2 Å². The van der Waals surface area contributed by atoms with Gasteiger partial charge in [0.1, 0.15) is 0 Å². The van der Waals surface area contributed by atoms with E-state index in [0.717, 1.165) is 40.4 Å². The van der Waals surface area contributed by atoms with Crippen molar-refractivity contribution in [2.75, 3.05) is 19.6 Å². The molecule has 1 atom stereocenters. The smallest absolute Gasteiger partial charge is 0.243 e. The average molecular weight is 560 g/mol. The van der Waals surface area contributed by atoms with Crippen LogP contribution in [0.1, 0.15) is 40.5 Å². The van der Waals surface area contributed by atoms with Crippen molar-refractivity contribution in [1.29, 1.82) is 0 Å². The fourth-order valence-electron chi connectivity index (χ4n) is 4.65. The number of amides is 1. The van der Waals surface area contributed by atoms with Crippen molar-refractivity contribution < 1.29 is 13.2 Å². The van der Waals surface area contributed by atoms with Crippen molar-refractivity contribution in [3.8, 4) is 0 Å². The molecular weight excluding hydrogens is 532 g/mol. The quantitative estimate of drug-likeness (QED) is 0.390. The summed E-state index contributed by atoms with van der Waals surface area (Å²) in [5, 5.41) is 2.08. The first kappa shape index (κ1) is 23.7. The van der Waals surface area contributed by atoms with Gasteiger partial charge in [-0.1, -0.05) is 40.2 Å². The molecule has 0 N–H and O–H groups in total. The minimum Gasteiger partial charge on any atom is -0.330 e. The molecule has 1 aliphatic carbocycles. The zero-order valence-corrected chi connectivity index (χ0v) is 22.2. The van der Waals surface area contributed by atoms with Crippen LogP contribution in [-0.4, -0.2) is 43.2 Å². The van der Waals surface area contributed by atoms with E-state index >= 15 is 0 Å². The summed E-state index contributed by atoms with van der Waals surface area (Å²) in [6, 6.07) is 16.7. The first-order valence-electron chi connectivity index (χ1n) is 11.5. The second kappa shape index (κ2) is 9.57. The fourth-order valence-corrected chi connectivity index (χ4v) is 7.28. The lowest BCUT2D eigenvalue weighted by molar-refractivity contribution is -0.133. The summed E-state index contributed by atoms with van der Waals surface area (Å²) in [7, 11) is -3.78. The topological polar surface area (TPSA) is 57.7 Å². The van der Waals surface area contributed by atoms with Crippen molar-refractivity contribution in [1.82, 2.24) is 9.21 Å². The third-order valence-electron chi connectivity index (χ3n) is 6.69. The number of carbonyl (C=O) groups excluding carboxylic acids is 1. The average Bonchev–Trinajstić information content (AvgIpc) is 3.51. The molecule has 0 radical (unpaired) electrons. The minimum atomic E-state index is -3.78. The van der Waals surface area contributed by atoms with Crippen molar-refractivity contribution in [3.05, 3.63) is 86.0 Å². The normalized spacial score (nSPS) is 18.2. The van der Waals surface area contributed by atoms with Crippen molar-refractivity contribution in [3.63, 3.8) is 0 Å². The molecule has 1 aromatic heterocycles. The first-order chi connectivity index (χ1) is 16.3. The standard InChI is InChI=1S/C26H27BrN2O3S2/c1-18-4-2-3-5-22(18)26-23-13-15-33-24(23)12-14-29(26)25(30)17-28(16-19-6-7-19)34(31,32)21-10-8-20(27)9-11-21/h2-5,8-11,13,15,19,26H,6-7,12,14,16-17H2,1H3. The molecule has 0 saturated heterocycles. The maximum Gasteiger partial charge on any atom is 0.243 e. The molecule has 8 heteroatoms. The van der Waals surface area contributed by atoms with Gasteiger partial charge in [-0.2, -0.15) is 4.31 Å². The van der Waals surface area contributed by atoms with Crippen molar-refractivity contribution in [2.45, 2.75) is 37.1 Å². The van der Waals surface area contributed by atoms with E-state index in [-0.39, 0.29) is 23.4 Å². The van der Waals surface area contributed by atoms with Crippen LogP contribution in [0.4, 0.5) is 0 Å². The number of hydrogen-bond donors (Lipinski definition) is 0. The number of rotatable bonds is 7.